The lowest BCUT2D eigenvalue weighted by atomic mass is 10.3. The number of rotatable bonds is 6. The number of hydrogen-bond donors (Lipinski definition) is 2. The molecule has 0 spiro atoms. The third-order valence-electron chi connectivity index (χ3n) is 4.40. The third kappa shape index (κ3) is 3.63. The number of nitrogens with zero attached hydrogens (tertiary/aromatic N) is 7. The first-order valence-electron chi connectivity index (χ1n) is 9.34. The topological polar surface area (TPSA) is 106 Å². The van der Waals surface area contributed by atoms with Gasteiger partial charge in [0.05, 0.1) is 0 Å². The highest BCUT2D eigenvalue weighted by Gasteiger charge is 2.15. The van der Waals surface area contributed by atoms with Crippen LogP contribution >= 0.6 is 0 Å². The van der Waals surface area contributed by atoms with Crippen molar-refractivity contribution in [1.29, 1.82) is 0 Å². The van der Waals surface area contributed by atoms with E-state index in [1.165, 1.54) is 0 Å². The zero-order valence-electron chi connectivity index (χ0n) is 15.8. The molecular weight excluding hydrogens is 378 g/mol. The first-order chi connectivity index (χ1) is 14.9. The van der Waals surface area contributed by atoms with Crippen molar-refractivity contribution < 1.29 is 0 Å². The fraction of sp³-hybridized carbons (Fsp3) is 0.0476. The number of fused-ring (bicyclic) bond motifs is 1. The van der Waals surface area contributed by atoms with Crippen molar-refractivity contribution in [3.8, 4) is 5.69 Å². The van der Waals surface area contributed by atoms with Crippen LogP contribution in [0.15, 0.2) is 79.6 Å². The monoisotopic (exact) mass is 395 g/mol. The van der Waals surface area contributed by atoms with E-state index in [1.54, 1.807) is 31.0 Å². The van der Waals surface area contributed by atoms with E-state index in [4.69, 9.17) is 0 Å². The summed E-state index contributed by atoms with van der Waals surface area (Å²) in [5, 5.41) is 6.41. The van der Waals surface area contributed by atoms with Gasteiger partial charge in [-0.2, -0.15) is 9.97 Å². The van der Waals surface area contributed by atoms with Gasteiger partial charge in [0.25, 0.3) is 0 Å². The summed E-state index contributed by atoms with van der Waals surface area (Å²) in [6, 6.07) is 15.6. The van der Waals surface area contributed by atoms with Gasteiger partial charge in [0.2, 0.25) is 11.9 Å². The molecule has 4 aromatic heterocycles. The van der Waals surface area contributed by atoms with Crippen molar-refractivity contribution in [2.75, 3.05) is 10.6 Å². The molecule has 146 valence electrons. The molecule has 5 aromatic rings. The molecule has 4 heterocycles. The molecule has 0 bridgehead atoms. The Morgan fingerprint density at radius 1 is 0.800 bits per heavy atom. The van der Waals surface area contributed by atoms with E-state index in [9.17, 15) is 0 Å². The normalized spacial score (nSPS) is 10.8. The Morgan fingerprint density at radius 2 is 1.67 bits per heavy atom. The van der Waals surface area contributed by atoms with Crippen LogP contribution in [-0.4, -0.2) is 34.5 Å². The van der Waals surface area contributed by atoms with Gasteiger partial charge in [-0.25, -0.2) is 15.0 Å². The first-order valence-corrected chi connectivity index (χ1v) is 9.34. The molecule has 0 aliphatic heterocycles. The molecule has 5 rings (SSSR count). The Kier molecular flexibility index (Phi) is 4.67. The Hall–Kier alpha value is -4.40. The summed E-state index contributed by atoms with van der Waals surface area (Å²) in [5.74, 6) is 1.40. The third-order valence-corrected chi connectivity index (χ3v) is 4.40. The van der Waals surface area contributed by atoms with E-state index in [0.717, 1.165) is 11.3 Å². The molecule has 9 heteroatoms. The van der Waals surface area contributed by atoms with Gasteiger partial charge in [-0.05, 0) is 29.8 Å². The standard InChI is InChI=1S/C21H17N9/c1-2-7-16(8-3-1)30-14-26-17-18(25-13-15-6-4-9-22-12-15)27-21(28-19(17)30)29-20-23-10-5-11-24-20/h1-12,14H,13H2,(H2,23,24,25,27,28,29). The molecule has 2 N–H and O–H groups in total. The summed E-state index contributed by atoms with van der Waals surface area (Å²) in [6.07, 6.45) is 8.61. The predicted molar refractivity (Wildman–Crippen MR) is 114 cm³/mol. The minimum absolute atomic E-state index is 0.375. The molecule has 0 atom stereocenters. The fourth-order valence-electron chi connectivity index (χ4n) is 3.01. The maximum Gasteiger partial charge on any atom is 0.233 e. The van der Waals surface area contributed by atoms with Crippen molar-refractivity contribution in [1.82, 2.24) is 34.5 Å². The van der Waals surface area contributed by atoms with Gasteiger partial charge in [-0.3, -0.25) is 14.9 Å². The largest absolute Gasteiger partial charge is 0.364 e. The van der Waals surface area contributed by atoms with Gasteiger partial charge in [0, 0.05) is 37.0 Å². The molecule has 0 unspecified atom stereocenters. The summed E-state index contributed by atoms with van der Waals surface area (Å²) in [5.41, 5.74) is 3.33. The van der Waals surface area contributed by atoms with E-state index >= 15 is 0 Å². The number of nitrogens with one attached hydrogen (secondary N) is 2. The predicted octanol–water partition coefficient (Wildman–Crippen LogP) is 3.36. The Balaban J connectivity index is 1.57. The maximum atomic E-state index is 4.67. The number of para-hydroxylation sites is 1. The van der Waals surface area contributed by atoms with Gasteiger partial charge >= 0.3 is 0 Å². The molecule has 0 fully saturated rings. The molecule has 1 aromatic carbocycles. The van der Waals surface area contributed by atoms with Crippen LogP contribution in [0.3, 0.4) is 0 Å². The quantitative estimate of drug-likeness (QED) is 0.451. The minimum Gasteiger partial charge on any atom is -0.364 e. The Labute approximate surface area is 171 Å². The summed E-state index contributed by atoms with van der Waals surface area (Å²) >= 11 is 0. The number of hydrogen-bond acceptors (Lipinski definition) is 8. The second kappa shape index (κ2) is 7.92. The lowest BCUT2D eigenvalue weighted by Crippen LogP contribution is -2.07. The van der Waals surface area contributed by atoms with Crippen molar-refractivity contribution in [2.24, 2.45) is 0 Å². The molecule has 0 amide bonds. The number of benzene rings is 1. The van der Waals surface area contributed by atoms with Gasteiger partial charge in [0.1, 0.15) is 6.33 Å². The highest BCUT2D eigenvalue weighted by atomic mass is 15.2. The van der Waals surface area contributed by atoms with Gasteiger partial charge in [-0.1, -0.05) is 24.3 Å². The van der Waals surface area contributed by atoms with E-state index < -0.39 is 0 Å². The average molecular weight is 395 g/mol. The second-order valence-electron chi connectivity index (χ2n) is 6.43. The lowest BCUT2D eigenvalue weighted by molar-refractivity contribution is 1.05. The smallest absolute Gasteiger partial charge is 0.233 e. The van der Waals surface area contributed by atoms with Gasteiger partial charge in [-0.15, -0.1) is 0 Å². The van der Waals surface area contributed by atoms with Crippen LogP contribution in [0.1, 0.15) is 5.56 Å². The SMILES string of the molecule is c1ccc(-n2cnc3c(NCc4cccnc4)nc(Nc4ncccn4)nc32)cc1. The summed E-state index contributed by atoms with van der Waals surface area (Å²) in [7, 11) is 0. The zero-order valence-corrected chi connectivity index (χ0v) is 15.8. The van der Waals surface area contributed by atoms with Gasteiger partial charge < -0.3 is 5.32 Å². The van der Waals surface area contributed by atoms with E-state index in [2.05, 4.69) is 40.5 Å². The number of anilines is 3. The van der Waals surface area contributed by atoms with E-state index in [-0.39, 0.29) is 0 Å². The lowest BCUT2D eigenvalue weighted by Gasteiger charge is -2.10. The van der Waals surface area contributed by atoms with Gasteiger partial charge in [0.15, 0.2) is 17.0 Å². The number of aromatic nitrogens is 7. The molecule has 0 aliphatic rings. The average Bonchev–Trinajstić information content (AvgIpc) is 3.23. The van der Waals surface area contributed by atoms with Crippen LogP contribution in [-0.2, 0) is 6.54 Å². The van der Waals surface area contributed by atoms with Crippen LogP contribution in [0.2, 0.25) is 0 Å². The molecule has 0 radical (unpaired) electrons. The zero-order chi connectivity index (χ0) is 20.2. The molecule has 0 saturated carbocycles. The number of imidazole rings is 1. The fourth-order valence-corrected chi connectivity index (χ4v) is 3.01. The molecular formula is C21H17N9. The molecule has 9 nitrogen and oxygen atoms in total. The molecule has 0 aliphatic carbocycles. The second-order valence-corrected chi connectivity index (χ2v) is 6.43. The van der Waals surface area contributed by atoms with Crippen molar-refractivity contribution >= 4 is 28.9 Å². The van der Waals surface area contributed by atoms with Crippen molar-refractivity contribution in [3.63, 3.8) is 0 Å². The first kappa shape index (κ1) is 17.7. The van der Waals surface area contributed by atoms with Crippen LogP contribution in [0, 0.1) is 0 Å². The Bertz CT molecular complexity index is 1260. The molecule has 30 heavy (non-hydrogen) atoms. The summed E-state index contributed by atoms with van der Waals surface area (Å²) < 4.78 is 1.92. The van der Waals surface area contributed by atoms with Crippen LogP contribution < -0.4 is 10.6 Å². The van der Waals surface area contributed by atoms with Crippen LogP contribution in [0.5, 0.6) is 0 Å². The highest BCUT2D eigenvalue weighted by Crippen LogP contribution is 2.24. The summed E-state index contributed by atoms with van der Waals surface area (Å²) in [6.45, 7) is 0.555. The summed E-state index contributed by atoms with van der Waals surface area (Å²) in [4.78, 5) is 26.4. The minimum atomic E-state index is 0.375. The van der Waals surface area contributed by atoms with Crippen LogP contribution in [0.25, 0.3) is 16.9 Å². The Morgan fingerprint density at radius 3 is 2.47 bits per heavy atom. The highest BCUT2D eigenvalue weighted by molar-refractivity contribution is 5.85. The number of pyridine rings is 1. The van der Waals surface area contributed by atoms with E-state index in [1.807, 2.05) is 53.2 Å². The van der Waals surface area contributed by atoms with Crippen molar-refractivity contribution in [2.45, 2.75) is 6.54 Å². The molecule has 0 saturated heterocycles. The van der Waals surface area contributed by atoms with E-state index in [0.29, 0.717) is 35.4 Å². The maximum absolute atomic E-state index is 4.67. The van der Waals surface area contributed by atoms with Crippen molar-refractivity contribution in [3.05, 3.63) is 85.2 Å². The van der Waals surface area contributed by atoms with Crippen LogP contribution in [0.4, 0.5) is 17.7 Å².